The number of hydrogen-bond donors (Lipinski definition) is 3. The summed E-state index contributed by atoms with van der Waals surface area (Å²) in [4.78, 5) is 23.9. The third-order valence-electron chi connectivity index (χ3n) is 3.67. The van der Waals surface area contributed by atoms with E-state index in [1.54, 1.807) is 30.3 Å². The minimum Gasteiger partial charge on any atom is -0.480 e. The number of benzene rings is 1. The van der Waals surface area contributed by atoms with Crippen LogP contribution < -0.4 is 10.0 Å². The molecule has 0 radical (unpaired) electrons. The number of carboxylic acids is 1. The van der Waals surface area contributed by atoms with Gasteiger partial charge in [0.25, 0.3) is 0 Å². The second-order valence-corrected chi connectivity index (χ2v) is 9.60. The average molecular weight is 435 g/mol. The Morgan fingerprint density at radius 3 is 2.11 bits per heavy atom. The van der Waals surface area contributed by atoms with E-state index in [-0.39, 0.29) is 18.6 Å². The molecule has 0 saturated carbocycles. The average Bonchev–Trinajstić information content (AvgIpc) is 2.62. The van der Waals surface area contributed by atoms with Gasteiger partial charge in [0.2, 0.25) is 15.9 Å². The third kappa shape index (κ3) is 9.50. The van der Waals surface area contributed by atoms with Crippen molar-refractivity contribution in [2.45, 2.75) is 30.7 Å². The topological polar surface area (TPSA) is 113 Å². The molecule has 3 N–H and O–H groups in total. The van der Waals surface area contributed by atoms with Crippen molar-refractivity contribution in [2.75, 3.05) is 24.0 Å². The summed E-state index contributed by atoms with van der Waals surface area (Å²) in [5.41, 5.74) is 0.609. The molecular weight excluding hydrogens is 408 g/mol. The van der Waals surface area contributed by atoms with Gasteiger partial charge in [-0.05, 0) is 42.4 Å². The van der Waals surface area contributed by atoms with Gasteiger partial charge in [-0.2, -0.15) is 23.5 Å². The lowest BCUT2D eigenvalue weighted by molar-refractivity contribution is -0.142. The van der Waals surface area contributed by atoms with Gasteiger partial charge in [-0.15, -0.1) is 0 Å². The lowest BCUT2D eigenvalue weighted by Crippen LogP contribution is -2.52. The van der Waals surface area contributed by atoms with Crippen LogP contribution in [0, 0.1) is 0 Å². The molecule has 7 nitrogen and oxygen atoms in total. The molecule has 0 unspecified atom stereocenters. The van der Waals surface area contributed by atoms with Crippen molar-refractivity contribution < 1.29 is 23.1 Å². The maximum absolute atomic E-state index is 12.5. The molecule has 0 fully saturated rings. The van der Waals surface area contributed by atoms with Gasteiger partial charge < -0.3 is 10.4 Å². The van der Waals surface area contributed by atoms with Crippen LogP contribution >= 0.6 is 23.5 Å². The van der Waals surface area contributed by atoms with Crippen molar-refractivity contribution >= 4 is 45.4 Å². The molecule has 1 aromatic rings. The zero-order chi connectivity index (χ0) is 20.3. The van der Waals surface area contributed by atoms with Gasteiger partial charge in [0.05, 0.1) is 5.75 Å². The highest BCUT2D eigenvalue weighted by molar-refractivity contribution is 7.98. The van der Waals surface area contributed by atoms with Crippen LogP contribution in [0.1, 0.15) is 18.4 Å². The Bertz CT molecular complexity index is 698. The summed E-state index contributed by atoms with van der Waals surface area (Å²) >= 11 is 2.96. The van der Waals surface area contributed by atoms with Gasteiger partial charge in [0.15, 0.2) is 0 Å². The maximum atomic E-state index is 12.5. The number of hydrogen-bond acceptors (Lipinski definition) is 6. The lowest BCUT2D eigenvalue weighted by Gasteiger charge is -2.21. The van der Waals surface area contributed by atoms with Gasteiger partial charge in [-0.1, -0.05) is 30.3 Å². The van der Waals surface area contributed by atoms with E-state index < -0.39 is 34.0 Å². The van der Waals surface area contributed by atoms with Crippen molar-refractivity contribution in [3.63, 3.8) is 0 Å². The van der Waals surface area contributed by atoms with Crippen LogP contribution in [0.25, 0.3) is 0 Å². The highest BCUT2D eigenvalue weighted by Crippen LogP contribution is 2.09. The van der Waals surface area contributed by atoms with E-state index in [1.807, 2.05) is 12.5 Å². The van der Waals surface area contributed by atoms with Crippen LogP contribution in [-0.4, -0.2) is 61.5 Å². The number of carbonyl (C=O) groups is 2. The Labute approximate surface area is 169 Å². The van der Waals surface area contributed by atoms with Crippen molar-refractivity contribution in [1.82, 2.24) is 10.0 Å². The lowest BCUT2D eigenvalue weighted by atomic mass is 10.2. The molecule has 0 aliphatic heterocycles. The summed E-state index contributed by atoms with van der Waals surface area (Å²) in [6.45, 7) is 0. The number of nitrogens with one attached hydrogen (secondary N) is 2. The predicted octanol–water partition coefficient (Wildman–Crippen LogP) is 1.55. The fourth-order valence-electron chi connectivity index (χ4n) is 2.30. The minimum absolute atomic E-state index is 0.244. The number of sulfonamides is 1. The number of rotatable bonds is 13. The molecule has 0 aliphatic carbocycles. The molecule has 10 heteroatoms. The largest absolute Gasteiger partial charge is 0.480 e. The molecule has 0 aromatic heterocycles. The van der Waals surface area contributed by atoms with Gasteiger partial charge in [-0.25, -0.2) is 17.9 Å². The first-order chi connectivity index (χ1) is 12.8. The smallest absolute Gasteiger partial charge is 0.326 e. The van der Waals surface area contributed by atoms with Crippen LogP contribution in [0.5, 0.6) is 0 Å². The summed E-state index contributed by atoms with van der Waals surface area (Å²) in [6.07, 6.45) is 4.25. The van der Waals surface area contributed by atoms with Gasteiger partial charge in [0.1, 0.15) is 12.1 Å². The molecule has 0 spiro atoms. The molecule has 27 heavy (non-hydrogen) atoms. The van der Waals surface area contributed by atoms with E-state index in [1.165, 1.54) is 23.5 Å². The Kier molecular flexibility index (Phi) is 10.8. The van der Waals surface area contributed by atoms with E-state index >= 15 is 0 Å². The summed E-state index contributed by atoms with van der Waals surface area (Å²) in [5.74, 6) is -0.852. The second kappa shape index (κ2) is 12.3. The van der Waals surface area contributed by atoms with Crippen molar-refractivity contribution in [3.8, 4) is 0 Å². The molecule has 1 amide bonds. The molecule has 0 heterocycles. The monoisotopic (exact) mass is 434 g/mol. The Balaban J connectivity index is 2.83. The molecule has 0 saturated heterocycles. The molecule has 0 aliphatic rings. The van der Waals surface area contributed by atoms with E-state index in [0.29, 0.717) is 17.1 Å². The van der Waals surface area contributed by atoms with Crippen LogP contribution in [0.3, 0.4) is 0 Å². The molecular formula is C17H26N2O5S3. The highest BCUT2D eigenvalue weighted by Gasteiger charge is 2.28. The Morgan fingerprint density at radius 1 is 1.04 bits per heavy atom. The van der Waals surface area contributed by atoms with Crippen LogP contribution in [-0.2, 0) is 25.4 Å². The summed E-state index contributed by atoms with van der Waals surface area (Å²) in [7, 11) is -3.75. The maximum Gasteiger partial charge on any atom is 0.326 e. The molecule has 0 bridgehead atoms. The molecule has 2 atom stereocenters. The first-order valence-electron chi connectivity index (χ1n) is 8.34. The highest BCUT2D eigenvalue weighted by atomic mass is 32.2. The van der Waals surface area contributed by atoms with E-state index in [0.717, 1.165) is 0 Å². The fourth-order valence-corrected chi connectivity index (χ4v) is 4.61. The van der Waals surface area contributed by atoms with Crippen molar-refractivity contribution in [3.05, 3.63) is 35.9 Å². The Hall–Kier alpha value is -1.23. The van der Waals surface area contributed by atoms with Crippen LogP contribution in [0.2, 0.25) is 0 Å². The fraction of sp³-hybridized carbons (Fsp3) is 0.529. The number of carboxylic acid groups (broad SMARTS) is 1. The number of amides is 1. The van der Waals surface area contributed by atoms with Crippen LogP contribution in [0.4, 0.5) is 0 Å². The third-order valence-corrected chi connectivity index (χ3v) is 6.32. The second-order valence-electron chi connectivity index (χ2n) is 5.88. The van der Waals surface area contributed by atoms with Crippen LogP contribution in [0.15, 0.2) is 30.3 Å². The zero-order valence-electron chi connectivity index (χ0n) is 15.4. The van der Waals surface area contributed by atoms with Crippen molar-refractivity contribution in [2.24, 2.45) is 0 Å². The van der Waals surface area contributed by atoms with E-state index in [4.69, 9.17) is 0 Å². The molecule has 1 aromatic carbocycles. The summed E-state index contributed by atoms with van der Waals surface area (Å²) in [5, 5.41) is 11.7. The van der Waals surface area contributed by atoms with Gasteiger partial charge >= 0.3 is 5.97 Å². The standard InChI is InChI=1S/C17H26N2O5S3/c1-25-10-8-14(16(20)18-15(17(21)22)9-11-26-2)19-27(23,24)12-13-6-4-3-5-7-13/h3-7,14-15,19H,8-12H2,1-2H3,(H,18,20)(H,21,22)/t14-,15-/m1/s1. The minimum atomic E-state index is -3.75. The van der Waals surface area contributed by atoms with Gasteiger partial charge in [0, 0.05) is 0 Å². The van der Waals surface area contributed by atoms with Gasteiger partial charge in [-0.3, -0.25) is 4.79 Å². The molecule has 152 valence electrons. The van der Waals surface area contributed by atoms with Crippen molar-refractivity contribution in [1.29, 1.82) is 0 Å². The summed E-state index contributed by atoms with van der Waals surface area (Å²) < 4.78 is 27.3. The normalized spacial score (nSPS) is 13.7. The first-order valence-corrected chi connectivity index (χ1v) is 12.8. The number of aliphatic carboxylic acids is 1. The number of thioether (sulfide) groups is 2. The predicted molar refractivity (Wildman–Crippen MR) is 112 cm³/mol. The first kappa shape index (κ1) is 23.8. The quantitative estimate of drug-likeness (QED) is 0.432. The van der Waals surface area contributed by atoms with E-state index in [9.17, 15) is 23.1 Å². The Morgan fingerprint density at radius 2 is 1.59 bits per heavy atom. The number of carbonyl (C=O) groups excluding carboxylic acids is 1. The molecule has 1 rings (SSSR count). The summed E-state index contributed by atoms with van der Waals surface area (Å²) in [6, 6.07) is 6.61. The van der Waals surface area contributed by atoms with E-state index in [2.05, 4.69) is 10.0 Å². The SMILES string of the molecule is CSCC[C@@H](NC(=O)[C@@H](CCSC)NS(=O)(=O)Cc1ccccc1)C(=O)O. The zero-order valence-corrected chi connectivity index (χ0v) is 17.8.